The summed E-state index contributed by atoms with van der Waals surface area (Å²) >= 11 is 0. The van der Waals surface area contributed by atoms with Gasteiger partial charge < -0.3 is 31.8 Å². The average molecular weight is 863 g/mol. The Kier molecular flexibility index (Phi) is 21.6. The maximum absolute atomic E-state index is 12.5. The molecule has 3 aliphatic carbocycles. The van der Waals surface area contributed by atoms with Crippen molar-refractivity contribution in [3.63, 3.8) is 0 Å². The Morgan fingerprint density at radius 2 is 1.00 bits per heavy atom. The Labute approximate surface area is 374 Å². The van der Waals surface area contributed by atoms with Crippen LogP contribution in [-0.4, -0.2) is 54.9 Å². The molecule has 6 fully saturated rings. The van der Waals surface area contributed by atoms with Crippen LogP contribution in [0.25, 0.3) is 21.3 Å². The van der Waals surface area contributed by atoms with Crippen molar-refractivity contribution in [2.45, 2.75) is 203 Å². The Balaban J connectivity index is 0.000000259. The van der Waals surface area contributed by atoms with Gasteiger partial charge in [-0.15, -0.1) is 31.7 Å². The first-order valence-electron chi connectivity index (χ1n) is 24.3. The summed E-state index contributed by atoms with van der Waals surface area (Å²) in [4.78, 5) is 12.5. The van der Waals surface area contributed by atoms with E-state index in [0.29, 0.717) is 58.7 Å². The molecular formula is C51H91MnN4O3-3. The Hall–Kier alpha value is -0.891. The van der Waals surface area contributed by atoms with Crippen LogP contribution in [0, 0.1) is 70.0 Å². The summed E-state index contributed by atoms with van der Waals surface area (Å²) in [6.07, 6.45) is 27.7. The largest absolute Gasteiger partial charge is 0.686 e. The van der Waals surface area contributed by atoms with E-state index in [-0.39, 0.29) is 28.5 Å². The summed E-state index contributed by atoms with van der Waals surface area (Å²) in [6.45, 7) is 26.6. The second kappa shape index (κ2) is 24.2. The number of allylic oxidation sites excluding steroid dienone is 2. The van der Waals surface area contributed by atoms with E-state index >= 15 is 0 Å². The Morgan fingerprint density at radius 1 is 0.610 bits per heavy atom. The number of hydrogen-bond donors (Lipinski definition) is 1. The molecule has 7 rings (SSSR count). The van der Waals surface area contributed by atoms with Crippen molar-refractivity contribution in [2.75, 3.05) is 19.6 Å². The van der Waals surface area contributed by atoms with E-state index in [4.69, 9.17) is 10.6 Å². The predicted molar refractivity (Wildman–Crippen MR) is 248 cm³/mol. The normalized spacial score (nSPS) is 39.2. The summed E-state index contributed by atoms with van der Waals surface area (Å²) in [6, 6.07) is 1.85. The third-order valence-corrected chi connectivity index (χ3v) is 16.2. The van der Waals surface area contributed by atoms with Gasteiger partial charge in [0.15, 0.2) is 0 Å². The van der Waals surface area contributed by atoms with Crippen molar-refractivity contribution in [3.8, 4) is 0 Å². The third kappa shape index (κ3) is 15.7. The van der Waals surface area contributed by atoms with E-state index in [9.17, 15) is 9.90 Å². The second-order valence-corrected chi connectivity index (χ2v) is 22.8. The van der Waals surface area contributed by atoms with Crippen molar-refractivity contribution < 1.29 is 32.4 Å². The molecule has 343 valence electrons. The smallest absolute Gasteiger partial charge is 0.307 e. The molecule has 0 spiro atoms. The van der Waals surface area contributed by atoms with Crippen LogP contribution in [0.4, 0.5) is 0 Å². The van der Waals surface area contributed by atoms with Crippen LogP contribution >= 0.6 is 0 Å². The number of carboxylic acids is 1. The van der Waals surface area contributed by atoms with Gasteiger partial charge in [-0.25, -0.2) is 0 Å². The fourth-order valence-corrected chi connectivity index (χ4v) is 12.4. The molecule has 3 saturated carbocycles. The standard InChI is InChI=1S/C27H48O2.C12H22N2.C12H18N2.Mn.H2O/c1-26(2,3)20-14-10-18(11-15-20)22-8-7-9-23(24(22)25(28)29)19-12-16-21(17-13-19)27(4,5)6;2*1-9-3-5-13-11(7-9)12-8-10(2)4-6-14-12;;/h18-24H,7-17H2,1-6H3,(H,28,29);9-12H,3-8H2,1-2H3;3,5,7,10-12H,4,6,8H2,1-2H3;;1H2/q;2*-2;;/p+1. The molecule has 7 aliphatic rings. The molecule has 8 heteroatoms. The fraction of sp³-hybridized carbons (Fsp3) is 0.902. The zero-order chi connectivity index (χ0) is 41.3. The van der Waals surface area contributed by atoms with Crippen molar-refractivity contribution in [2.24, 2.45) is 70.0 Å². The average Bonchev–Trinajstić information content (AvgIpc) is 3.17. The van der Waals surface area contributed by atoms with Gasteiger partial charge >= 0.3 is 5.97 Å². The van der Waals surface area contributed by atoms with E-state index in [1.165, 1.54) is 102 Å². The Bertz CT molecular complexity index is 1210. The summed E-state index contributed by atoms with van der Waals surface area (Å²) < 4.78 is 0. The predicted octanol–water partition coefficient (Wildman–Crippen LogP) is 13.6. The molecule has 9 atom stereocenters. The van der Waals surface area contributed by atoms with E-state index in [0.717, 1.165) is 62.1 Å². The van der Waals surface area contributed by atoms with Gasteiger partial charge in [-0.3, -0.25) is 4.79 Å². The van der Waals surface area contributed by atoms with Crippen molar-refractivity contribution >= 4 is 5.97 Å². The zero-order valence-electron chi connectivity index (χ0n) is 39.6. The molecule has 4 heterocycles. The van der Waals surface area contributed by atoms with Gasteiger partial charge in [0.05, 0.1) is 5.92 Å². The molecule has 4 aliphatic heterocycles. The molecule has 9 unspecified atom stereocenters. The van der Waals surface area contributed by atoms with Crippen LogP contribution in [0.1, 0.15) is 178 Å². The SMILES string of the molecule is CC(C)(C)C1CCC(C2CCCC(C3CCC(C(C)(C)C)CC3)C2C(=O)O)CC1.CC1=CC(C2CC(C)CC[N-]2)[N-]C=C1.CC1CC[N-]C(C2CC(C)CC[N-]2)C1.[Mn].[OH3+]. The Morgan fingerprint density at radius 3 is 1.36 bits per heavy atom. The fourth-order valence-electron chi connectivity index (χ4n) is 12.4. The number of carbonyl (C=O) groups is 1. The topological polar surface area (TPSA) is 127 Å². The zero-order valence-corrected chi connectivity index (χ0v) is 40.7. The number of hydrogen-bond acceptors (Lipinski definition) is 1. The van der Waals surface area contributed by atoms with Gasteiger partial charge in [0.2, 0.25) is 0 Å². The summed E-state index contributed by atoms with van der Waals surface area (Å²) in [7, 11) is 0. The van der Waals surface area contributed by atoms with Gasteiger partial charge in [0.25, 0.3) is 0 Å². The first-order chi connectivity index (χ1) is 27.0. The van der Waals surface area contributed by atoms with Crippen molar-refractivity contribution in [1.29, 1.82) is 0 Å². The molecule has 4 N–H and O–H groups in total. The molecule has 0 aromatic carbocycles. The number of rotatable bonds is 5. The quantitative estimate of drug-likeness (QED) is 0.218. The van der Waals surface area contributed by atoms with Crippen LogP contribution < -0.4 is 0 Å². The molecule has 0 aromatic rings. The minimum Gasteiger partial charge on any atom is -0.686 e. The number of piperidine rings is 3. The molecule has 59 heavy (non-hydrogen) atoms. The van der Waals surface area contributed by atoms with E-state index in [1.807, 2.05) is 6.20 Å². The van der Waals surface area contributed by atoms with E-state index < -0.39 is 5.97 Å². The molecule has 7 nitrogen and oxygen atoms in total. The number of aliphatic carboxylic acids is 1. The summed E-state index contributed by atoms with van der Waals surface area (Å²) in [5.41, 5.74) is 2.12. The number of carboxylic acid groups (broad SMARTS) is 1. The molecule has 3 saturated heterocycles. The summed E-state index contributed by atoms with van der Waals surface area (Å²) in [5, 5.41) is 28.9. The van der Waals surface area contributed by atoms with Gasteiger partial charge in [-0.1, -0.05) is 125 Å². The van der Waals surface area contributed by atoms with Crippen LogP contribution in [0.3, 0.4) is 0 Å². The monoisotopic (exact) mass is 863 g/mol. The molecule has 0 aromatic heterocycles. The van der Waals surface area contributed by atoms with E-state index in [1.54, 1.807) is 0 Å². The maximum atomic E-state index is 12.5. The van der Waals surface area contributed by atoms with Crippen molar-refractivity contribution in [3.05, 3.63) is 45.2 Å². The molecule has 0 amide bonds. The van der Waals surface area contributed by atoms with Crippen LogP contribution in [-0.2, 0) is 27.3 Å². The van der Waals surface area contributed by atoms with E-state index in [2.05, 4.69) is 92.0 Å². The van der Waals surface area contributed by atoms with Gasteiger partial charge in [-0.05, 0) is 135 Å². The molecule has 0 bridgehead atoms. The maximum Gasteiger partial charge on any atom is 0.307 e. The number of nitrogens with zero attached hydrogens (tertiary/aromatic N) is 4. The third-order valence-electron chi connectivity index (χ3n) is 16.2. The first-order valence-corrected chi connectivity index (χ1v) is 24.3. The molecule has 1 radical (unpaired) electrons. The minimum atomic E-state index is -0.476. The van der Waals surface area contributed by atoms with Crippen LogP contribution in [0.15, 0.2) is 23.9 Å². The second-order valence-electron chi connectivity index (χ2n) is 22.8. The van der Waals surface area contributed by atoms with Gasteiger partial charge in [0, 0.05) is 17.1 Å². The van der Waals surface area contributed by atoms with Gasteiger partial charge in [0.1, 0.15) is 0 Å². The van der Waals surface area contributed by atoms with Gasteiger partial charge in [-0.2, -0.15) is 18.3 Å². The van der Waals surface area contributed by atoms with Crippen molar-refractivity contribution in [1.82, 2.24) is 0 Å². The van der Waals surface area contributed by atoms with Crippen LogP contribution in [0.5, 0.6) is 0 Å². The summed E-state index contributed by atoms with van der Waals surface area (Å²) in [5.74, 6) is 5.81. The molecular weight excluding hydrogens is 772 g/mol. The minimum absolute atomic E-state index is 0. The first kappa shape index (κ1) is 52.5. The van der Waals surface area contributed by atoms with Crippen LogP contribution in [0.2, 0.25) is 0 Å².